The predicted octanol–water partition coefficient (Wildman–Crippen LogP) is 12.5. The summed E-state index contributed by atoms with van der Waals surface area (Å²) in [7, 11) is 3.33. The molecular weight excluding hydrogens is 673 g/mol. The van der Waals surface area contributed by atoms with E-state index in [0.29, 0.717) is 12.8 Å². The molecular formula is C46H54N4O4. The number of carbonyl (C=O) groups excluding carboxylic acids is 2. The van der Waals surface area contributed by atoms with E-state index in [2.05, 4.69) is 58.5 Å². The highest BCUT2D eigenvalue weighted by Gasteiger charge is 2.17. The van der Waals surface area contributed by atoms with Gasteiger partial charge in [-0.3, -0.25) is 9.59 Å². The average molecular weight is 727 g/mol. The minimum Gasteiger partial charge on any atom is -0.497 e. The number of ether oxygens (including phenoxy) is 2. The first-order valence-electron chi connectivity index (χ1n) is 19.2. The first-order chi connectivity index (χ1) is 26.4. The van der Waals surface area contributed by atoms with Crippen molar-refractivity contribution in [2.24, 2.45) is 0 Å². The van der Waals surface area contributed by atoms with Crippen LogP contribution in [0.1, 0.15) is 78.1 Å². The number of anilines is 8. The SMILES string of the molecule is CCCCCCC(=O)Nc1ccc(N(c2ccc(OC)cc2)c2ccc(N(c3ccc(NC(=O)CCCCCC)cc3)c3ccc(OC)cc3)cc2)cc1. The number of nitrogens with one attached hydrogen (secondary N) is 2. The molecule has 0 aromatic heterocycles. The maximum Gasteiger partial charge on any atom is 0.224 e. The predicted molar refractivity (Wildman–Crippen MR) is 224 cm³/mol. The molecule has 2 N–H and O–H groups in total. The van der Waals surface area contributed by atoms with E-state index in [1.54, 1.807) is 14.2 Å². The van der Waals surface area contributed by atoms with E-state index in [1.807, 2.05) is 97.1 Å². The second kappa shape index (κ2) is 20.5. The zero-order chi connectivity index (χ0) is 38.1. The highest BCUT2D eigenvalue weighted by atomic mass is 16.5. The monoisotopic (exact) mass is 726 g/mol. The maximum atomic E-state index is 12.6. The van der Waals surface area contributed by atoms with E-state index >= 15 is 0 Å². The van der Waals surface area contributed by atoms with Crippen LogP contribution in [-0.2, 0) is 9.59 Å². The van der Waals surface area contributed by atoms with E-state index < -0.39 is 0 Å². The number of unbranched alkanes of at least 4 members (excludes halogenated alkanes) is 6. The minimum atomic E-state index is 0.0417. The fraction of sp³-hybridized carbons (Fsp3) is 0.304. The highest BCUT2D eigenvalue weighted by Crippen LogP contribution is 2.40. The van der Waals surface area contributed by atoms with Crippen molar-refractivity contribution in [1.29, 1.82) is 0 Å². The van der Waals surface area contributed by atoms with Crippen LogP contribution >= 0.6 is 0 Å². The molecule has 5 rings (SSSR count). The molecule has 0 saturated heterocycles. The van der Waals surface area contributed by atoms with E-state index in [-0.39, 0.29) is 11.8 Å². The topological polar surface area (TPSA) is 83.1 Å². The normalized spacial score (nSPS) is 10.7. The van der Waals surface area contributed by atoms with Crippen molar-refractivity contribution in [3.8, 4) is 11.5 Å². The zero-order valence-electron chi connectivity index (χ0n) is 32.1. The Kier molecular flexibility index (Phi) is 15.0. The van der Waals surface area contributed by atoms with Crippen molar-refractivity contribution >= 4 is 57.3 Å². The summed E-state index contributed by atoms with van der Waals surface area (Å²) in [4.78, 5) is 29.5. The van der Waals surface area contributed by atoms with Crippen LogP contribution in [0.5, 0.6) is 11.5 Å². The third-order valence-electron chi connectivity index (χ3n) is 9.36. The summed E-state index contributed by atoms with van der Waals surface area (Å²) >= 11 is 0. The smallest absolute Gasteiger partial charge is 0.224 e. The van der Waals surface area contributed by atoms with Crippen molar-refractivity contribution in [3.05, 3.63) is 121 Å². The summed E-state index contributed by atoms with van der Waals surface area (Å²) in [5, 5.41) is 6.11. The Morgan fingerprint density at radius 3 is 0.981 bits per heavy atom. The number of carbonyl (C=O) groups is 2. The van der Waals surface area contributed by atoms with Gasteiger partial charge in [-0.1, -0.05) is 52.4 Å². The molecule has 0 fully saturated rings. The van der Waals surface area contributed by atoms with E-state index in [1.165, 1.54) is 0 Å². The Morgan fingerprint density at radius 1 is 0.426 bits per heavy atom. The van der Waals surface area contributed by atoms with Gasteiger partial charge in [0.25, 0.3) is 0 Å². The number of benzene rings is 5. The van der Waals surface area contributed by atoms with Crippen LogP contribution in [0, 0.1) is 0 Å². The molecule has 0 aliphatic heterocycles. The first-order valence-corrected chi connectivity index (χ1v) is 19.2. The van der Waals surface area contributed by atoms with Gasteiger partial charge in [0.1, 0.15) is 11.5 Å². The molecule has 282 valence electrons. The molecule has 5 aromatic carbocycles. The molecule has 0 heterocycles. The van der Waals surface area contributed by atoms with E-state index in [0.717, 1.165) is 108 Å². The van der Waals surface area contributed by atoms with Crippen LogP contribution in [0.15, 0.2) is 121 Å². The first kappa shape index (κ1) is 39.4. The van der Waals surface area contributed by atoms with Crippen molar-refractivity contribution in [1.82, 2.24) is 0 Å². The number of methoxy groups -OCH3 is 2. The van der Waals surface area contributed by atoms with Gasteiger partial charge in [-0.05, 0) is 134 Å². The van der Waals surface area contributed by atoms with Gasteiger partial charge in [0, 0.05) is 58.3 Å². The molecule has 0 radical (unpaired) electrons. The van der Waals surface area contributed by atoms with Gasteiger partial charge in [-0.2, -0.15) is 0 Å². The standard InChI is InChI=1S/C46H54N4O4/c1-5-7-9-11-13-45(51)47-35-15-19-37(20-16-35)49(41-27-31-43(53-3)32-28-41)39-23-25-40(26-24-39)50(42-29-33-44(54-4)34-30-42)38-21-17-36(18-22-38)48-46(52)14-12-10-8-6-2/h15-34H,5-14H2,1-4H3,(H,47,51)(H,48,52). The lowest BCUT2D eigenvalue weighted by molar-refractivity contribution is -0.117. The summed E-state index contributed by atoms with van der Waals surface area (Å²) in [5.41, 5.74) is 7.30. The van der Waals surface area contributed by atoms with E-state index in [4.69, 9.17) is 9.47 Å². The molecule has 54 heavy (non-hydrogen) atoms. The number of amides is 2. The van der Waals surface area contributed by atoms with Gasteiger partial charge in [0.2, 0.25) is 11.8 Å². The number of rotatable bonds is 20. The molecule has 2 amide bonds. The fourth-order valence-electron chi connectivity index (χ4n) is 6.37. The van der Waals surface area contributed by atoms with Gasteiger partial charge in [0.05, 0.1) is 14.2 Å². The van der Waals surface area contributed by atoms with Crippen molar-refractivity contribution < 1.29 is 19.1 Å². The van der Waals surface area contributed by atoms with Crippen LogP contribution in [0.2, 0.25) is 0 Å². The molecule has 8 nitrogen and oxygen atoms in total. The Labute approximate surface area is 321 Å². The minimum absolute atomic E-state index is 0.0417. The van der Waals surface area contributed by atoms with E-state index in [9.17, 15) is 9.59 Å². The molecule has 0 saturated carbocycles. The molecule has 0 bridgehead atoms. The van der Waals surface area contributed by atoms with Crippen molar-refractivity contribution in [2.75, 3.05) is 34.7 Å². The quantitative estimate of drug-likeness (QED) is 0.0777. The lowest BCUT2D eigenvalue weighted by Gasteiger charge is -2.28. The largest absolute Gasteiger partial charge is 0.497 e. The number of nitrogens with zero attached hydrogens (tertiary/aromatic N) is 2. The second-order valence-electron chi connectivity index (χ2n) is 13.4. The summed E-state index contributed by atoms with van der Waals surface area (Å²) in [6, 6.07) is 40.3. The third-order valence-corrected chi connectivity index (χ3v) is 9.36. The van der Waals surface area contributed by atoms with Gasteiger partial charge < -0.3 is 29.9 Å². The average Bonchev–Trinajstić information content (AvgIpc) is 3.21. The molecule has 0 aliphatic rings. The molecule has 0 atom stereocenters. The summed E-state index contributed by atoms with van der Waals surface area (Å²) in [6.07, 6.45) is 9.59. The number of hydrogen-bond acceptors (Lipinski definition) is 6. The van der Waals surface area contributed by atoms with Crippen LogP contribution in [-0.4, -0.2) is 26.0 Å². The Hall–Kier alpha value is -5.76. The Morgan fingerprint density at radius 2 is 0.704 bits per heavy atom. The molecule has 8 heteroatoms. The zero-order valence-corrected chi connectivity index (χ0v) is 32.1. The lowest BCUT2D eigenvalue weighted by Crippen LogP contribution is -2.13. The van der Waals surface area contributed by atoms with Crippen LogP contribution in [0.4, 0.5) is 45.5 Å². The van der Waals surface area contributed by atoms with Crippen molar-refractivity contribution in [2.45, 2.75) is 78.1 Å². The van der Waals surface area contributed by atoms with Gasteiger partial charge in [-0.25, -0.2) is 0 Å². The summed E-state index contributed by atoms with van der Waals surface area (Å²) in [5.74, 6) is 1.64. The van der Waals surface area contributed by atoms with Crippen LogP contribution in [0.25, 0.3) is 0 Å². The van der Waals surface area contributed by atoms with Gasteiger partial charge in [-0.15, -0.1) is 0 Å². The molecule has 0 spiro atoms. The second-order valence-corrected chi connectivity index (χ2v) is 13.4. The Balaban J connectivity index is 1.41. The highest BCUT2D eigenvalue weighted by molar-refractivity contribution is 5.92. The van der Waals surface area contributed by atoms with Crippen molar-refractivity contribution in [3.63, 3.8) is 0 Å². The molecule has 0 aliphatic carbocycles. The van der Waals surface area contributed by atoms with Crippen LogP contribution in [0.3, 0.4) is 0 Å². The Bertz CT molecular complexity index is 1730. The molecule has 5 aromatic rings. The van der Waals surface area contributed by atoms with Crippen LogP contribution < -0.4 is 29.9 Å². The van der Waals surface area contributed by atoms with Gasteiger partial charge >= 0.3 is 0 Å². The van der Waals surface area contributed by atoms with Gasteiger partial charge in [0.15, 0.2) is 0 Å². The summed E-state index contributed by atoms with van der Waals surface area (Å²) < 4.78 is 10.9. The fourth-order valence-corrected chi connectivity index (χ4v) is 6.37. The number of hydrogen-bond donors (Lipinski definition) is 2. The maximum absolute atomic E-state index is 12.6. The molecule has 0 unspecified atom stereocenters. The lowest BCUT2D eigenvalue weighted by atomic mass is 10.1. The summed E-state index contributed by atoms with van der Waals surface area (Å²) in [6.45, 7) is 4.34. The third kappa shape index (κ3) is 11.1.